The molecular weight excluding hydrogens is 857 g/mol. The Hall–Kier alpha value is -6.17. The van der Waals surface area contributed by atoms with E-state index in [1.807, 2.05) is 45.9 Å². The lowest BCUT2D eigenvalue weighted by molar-refractivity contribution is -0.138. The summed E-state index contributed by atoms with van der Waals surface area (Å²) in [5.41, 5.74) is 9.29. The highest BCUT2D eigenvalue weighted by Gasteiger charge is 2.41. The predicted molar refractivity (Wildman–Crippen MR) is 255 cm³/mol. The number of ether oxygens (including phenoxy) is 3. The van der Waals surface area contributed by atoms with E-state index < -0.39 is 29.5 Å². The highest BCUT2D eigenvalue weighted by molar-refractivity contribution is 6.23. The number of H-pyrrole nitrogens is 2. The van der Waals surface area contributed by atoms with Gasteiger partial charge in [0.05, 0.1) is 53.5 Å². The van der Waals surface area contributed by atoms with Crippen LogP contribution in [0.15, 0.2) is 24.3 Å². The number of aryl methyl sites for hydroxylation is 2. The number of aromatic amines is 2. The molecule has 7 heterocycles. The maximum Gasteiger partial charge on any atom is 0.407 e. The molecule has 4 aliphatic rings. The molecule has 17 nitrogen and oxygen atoms in total. The summed E-state index contributed by atoms with van der Waals surface area (Å²) in [5.74, 6) is -2.31. The van der Waals surface area contributed by atoms with Crippen LogP contribution in [0, 0.1) is 13.8 Å². The Balaban J connectivity index is 1.40. The molecule has 0 unspecified atom stereocenters. The Morgan fingerprint density at radius 2 is 1.67 bits per heavy atom. The van der Waals surface area contributed by atoms with Crippen molar-refractivity contribution in [3.05, 3.63) is 74.9 Å². The Morgan fingerprint density at radius 1 is 0.970 bits per heavy atom. The van der Waals surface area contributed by atoms with Crippen LogP contribution in [0.25, 0.3) is 39.3 Å². The first-order valence-corrected chi connectivity index (χ1v) is 23.2. The maximum atomic E-state index is 15.2. The van der Waals surface area contributed by atoms with Crippen molar-refractivity contribution in [1.82, 2.24) is 40.0 Å². The zero-order chi connectivity index (χ0) is 48.3. The smallest absolute Gasteiger partial charge is 0.407 e. The first-order valence-electron chi connectivity index (χ1n) is 23.2. The molecule has 3 aromatic rings. The van der Waals surface area contributed by atoms with Crippen molar-refractivity contribution >= 4 is 69.1 Å². The van der Waals surface area contributed by atoms with Gasteiger partial charge in [-0.25, -0.2) is 14.6 Å². The lowest BCUT2D eigenvalue weighted by Crippen LogP contribution is -2.47. The summed E-state index contributed by atoms with van der Waals surface area (Å²) in [6.07, 6.45) is 3.58. The van der Waals surface area contributed by atoms with Gasteiger partial charge in [-0.05, 0) is 101 Å². The van der Waals surface area contributed by atoms with E-state index in [0.717, 1.165) is 28.0 Å². The number of carbonyl (C=O) groups is 5. The summed E-state index contributed by atoms with van der Waals surface area (Å²) in [6.45, 7) is 18.5. The molecule has 4 N–H and O–H groups in total. The molecule has 0 spiro atoms. The van der Waals surface area contributed by atoms with Crippen LogP contribution in [0.1, 0.15) is 133 Å². The third kappa shape index (κ3) is 10.5. The number of hydrogen-bond acceptors (Lipinski definition) is 12. The van der Waals surface area contributed by atoms with Crippen LogP contribution in [-0.2, 0) is 23.8 Å². The van der Waals surface area contributed by atoms with E-state index in [2.05, 4.69) is 27.1 Å². The number of morpholine rings is 1. The number of hydrogen-bond donors (Lipinski definition) is 4. The van der Waals surface area contributed by atoms with E-state index in [9.17, 15) is 24.3 Å². The minimum Gasteiger partial charge on any atom is -0.460 e. The van der Waals surface area contributed by atoms with Crippen molar-refractivity contribution in [2.45, 2.75) is 92.1 Å². The Morgan fingerprint density at radius 3 is 2.37 bits per heavy atom. The standard InChI is InChI=1S/C50H64N8O9/c1-10-32-28(2)36-26-40-33(12-14-42(61)66-24-21-59)29(3)35(53-40)25-37-30(4)34(11-13-41(60)56(9)16-15-51-49(64)67-50(6,7)8)45(54-37)44-46-43(31(5)38(55-46)27-39(32)52-36)47(62)58(48(44)63)18-17-57-19-22-65-23-20-57/h12,14,25-27,30,34,53,55,59H,10-11,13,15-24H2,1-9H3,(H,51,64)/b14-12+,35-25?,36-26?,37-25?,38-27?,39-27?,40-26?,45-44?/t30-,34-/m0/s1. The number of aliphatic hydroxyl groups is 1. The molecule has 7 rings (SSSR count). The second-order valence-electron chi connectivity index (χ2n) is 18.6. The van der Waals surface area contributed by atoms with Crippen LogP contribution < -0.4 is 5.32 Å². The number of carbonyl (C=O) groups excluding carboxylic acids is 5. The number of likely N-dealkylation sites (N-methyl/N-ethyl adjacent to an activating group) is 1. The van der Waals surface area contributed by atoms with Gasteiger partial charge in [0.1, 0.15) is 12.2 Å². The fourth-order valence-corrected chi connectivity index (χ4v) is 9.21. The monoisotopic (exact) mass is 920 g/mol. The van der Waals surface area contributed by atoms with E-state index in [1.54, 1.807) is 38.8 Å². The quantitative estimate of drug-likeness (QED) is 0.0786. The maximum absolute atomic E-state index is 15.2. The lowest BCUT2D eigenvalue weighted by Gasteiger charge is -2.31. The predicted octanol–water partition coefficient (Wildman–Crippen LogP) is 6.40. The molecule has 67 heavy (non-hydrogen) atoms. The van der Waals surface area contributed by atoms with Crippen LogP contribution in [0.4, 0.5) is 4.79 Å². The molecule has 3 aromatic heterocycles. The molecule has 1 fully saturated rings. The minimum atomic E-state index is -0.658. The van der Waals surface area contributed by atoms with Gasteiger partial charge in [0.15, 0.2) is 0 Å². The van der Waals surface area contributed by atoms with Gasteiger partial charge in [-0.2, -0.15) is 0 Å². The number of nitrogens with one attached hydrogen (secondary N) is 3. The Bertz CT molecular complexity index is 2680. The zero-order valence-electron chi connectivity index (χ0n) is 40.2. The first kappa shape index (κ1) is 48.8. The van der Waals surface area contributed by atoms with Crippen molar-refractivity contribution in [1.29, 1.82) is 0 Å². The van der Waals surface area contributed by atoms with Crippen molar-refractivity contribution in [3.63, 3.8) is 0 Å². The fourth-order valence-electron chi connectivity index (χ4n) is 9.21. The second kappa shape index (κ2) is 20.4. The molecular formula is C50H64N8O9. The third-order valence-electron chi connectivity index (χ3n) is 13.0. The minimum absolute atomic E-state index is 0.118. The molecule has 0 aromatic carbocycles. The van der Waals surface area contributed by atoms with Crippen molar-refractivity contribution in [3.8, 4) is 0 Å². The van der Waals surface area contributed by atoms with Crippen molar-refractivity contribution in [2.75, 3.05) is 72.7 Å². The number of nitrogens with zero attached hydrogens (tertiary/aromatic N) is 5. The molecule has 17 heteroatoms. The van der Waals surface area contributed by atoms with Crippen LogP contribution in [-0.4, -0.2) is 148 Å². The summed E-state index contributed by atoms with van der Waals surface area (Å²) in [4.78, 5) is 91.2. The number of alkyl carbamates (subject to hydrolysis) is 1. The molecule has 1 saturated heterocycles. The van der Waals surface area contributed by atoms with E-state index >= 15 is 4.79 Å². The first-order chi connectivity index (χ1) is 31.9. The van der Waals surface area contributed by atoms with Crippen LogP contribution >= 0.6 is 0 Å². The van der Waals surface area contributed by atoms with Gasteiger partial charge >= 0.3 is 12.1 Å². The number of amides is 4. The summed E-state index contributed by atoms with van der Waals surface area (Å²) in [6, 6.07) is 5.84. The zero-order valence-corrected chi connectivity index (χ0v) is 40.2. The second-order valence-corrected chi connectivity index (χ2v) is 18.6. The molecule has 358 valence electrons. The Labute approximate surface area is 391 Å². The van der Waals surface area contributed by atoms with Crippen LogP contribution in [0.2, 0.25) is 0 Å². The van der Waals surface area contributed by atoms with Gasteiger partial charge in [-0.1, -0.05) is 13.8 Å². The number of allylic oxidation sites excluding steroid dienone is 2. The topological polar surface area (TPSA) is 212 Å². The molecule has 2 atom stereocenters. The largest absolute Gasteiger partial charge is 0.460 e. The fraction of sp³-hybridized carbons (Fsp3) is 0.500. The van der Waals surface area contributed by atoms with E-state index in [0.29, 0.717) is 102 Å². The van der Waals surface area contributed by atoms with Crippen LogP contribution in [0.3, 0.4) is 0 Å². The molecule has 4 aliphatic heterocycles. The Kier molecular flexibility index (Phi) is 14.8. The van der Waals surface area contributed by atoms with Crippen LogP contribution in [0.5, 0.6) is 0 Å². The lowest BCUT2D eigenvalue weighted by atomic mass is 9.84. The average molecular weight is 921 g/mol. The average Bonchev–Trinajstić information content (AvgIpc) is 3.96. The molecule has 0 aliphatic carbocycles. The van der Waals surface area contributed by atoms with Gasteiger partial charge < -0.3 is 39.5 Å². The molecule has 0 saturated carbocycles. The SMILES string of the molecule is CCC1=C(C)c2cc3[nH]c(cc4nc(c5c6[nH]c(cc1n2)c(C)c6C(=O)N(CCN1CCOCC1)C5=O)[C@@H](CCC(=O)N(C)CCNC(=O)OC(C)(C)C)[C@@H]4C)c(C)c3/C=C/C(=O)OCCO. The number of rotatable bonds is 14. The summed E-state index contributed by atoms with van der Waals surface area (Å²) in [7, 11) is 1.68. The van der Waals surface area contributed by atoms with E-state index in [-0.39, 0.29) is 57.0 Å². The molecule has 0 radical (unpaired) electrons. The van der Waals surface area contributed by atoms with Gasteiger partial charge in [0.2, 0.25) is 5.91 Å². The van der Waals surface area contributed by atoms with E-state index in [1.165, 1.54) is 11.0 Å². The summed E-state index contributed by atoms with van der Waals surface area (Å²) < 4.78 is 16.0. The van der Waals surface area contributed by atoms with Crippen molar-refractivity contribution in [2.24, 2.45) is 0 Å². The molecule has 8 bridgehead atoms. The summed E-state index contributed by atoms with van der Waals surface area (Å²) in [5, 5.41) is 11.9. The van der Waals surface area contributed by atoms with Gasteiger partial charge in [0, 0.05) is 98.5 Å². The van der Waals surface area contributed by atoms with Gasteiger partial charge in [0.25, 0.3) is 11.8 Å². The number of imide groups is 1. The van der Waals surface area contributed by atoms with E-state index in [4.69, 9.17) is 24.2 Å². The number of fused-ring (bicyclic) bond motifs is 8. The third-order valence-corrected chi connectivity index (χ3v) is 13.0. The number of esters is 1. The number of aliphatic hydroxyl groups excluding tert-OH is 1. The highest BCUT2D eigenvalue weighted by atomic mass is 16.6. The highest BCUT2D eigenvalue weighted by Crippen LogP contribution is 2.44. The number of aromatic nitrogens is 4. The van der Waals surface area contributed by atoms with Gasteiger partial charge in [-0.15, -0.1) is 0 Å². The van der Waals surface area contributed by atoms with Crippen molar-refractivity contribution < 1.29 is 43.3 Å². The normalized spacial score (nSPS) is 17.7. The molecule has 4 amide bonds. The summed E-state index contributed by atoms with van der Waals surface area (Å²) >= 11 is 0. The van der Waals surface area contributed by atoms with Gasteiger partial charge in [-0.3, -0.25) is 29.2 Å².